The third kappa shape index (κ3) is 3.27. The number of aromatic nitrogens is 1. The van der Waals surface area contributed by atoms with Crippen LogP contribution in [0.15, 0.2) is 46.6 Å². The number of nitro groups is 1. The lowest BCUT2D eigenvalue weighted by atomic mass is 10.2. The molecule has 0 aliphatic heterocycles. The number of aromatic hydroxyl groups is 1. The van der Waals surface area contributed by atoms with Gasteiger partial charge in [0, 0.05) is 16.7 Å². The van der Waals surface area contributed by atoms with Gasteiger partial charge >= 0.3 is 5.69 Å². The molecule has 0 spiro atoms. The van der Waals surface area contributed by atoms with E-state index < -0.39 is 16.4 Å². The van der Waals surface area contributed by atoms with Crippen molar-refractivity contribution >= 4 is 44.0 Å². The topological polar surface area (TPSA) is 101 Å². The Morgan fingerprint density at radius 1 is 1.35 bits per heavy atom. The van der Waals surface area contributed by atoms with Crippen molar-refractivity contribution in [2.75, 3.05) is 0 Å². The first-order valence-corrected chi connectivity index (χ1v) is 7.63. The molecule has 116 valence electrons. The first-order chi connectivity index (χ1) is 11.0. The molecule has 1 N–H and O–H groups in total. The summed E-state index contributed by atoms with van der Waals surface area (Å²) in [6.07, 6.45) is 0. The van der Waals surface area contributed by atoms with Gasteiger partial charge in [-0.15, -0.1) is 5.11 Å². The van der Waals surface area contributed by atoms with E-state index >= 15 is 0 Å². The molecule has 1 heterocycles. The van der Waals surface area contributed by atoms with Crippen LogP contribution >= 0.6 is 22.9 Å². The quantitative estimate of drug-likeness (QED) is 0.413. The number of phenolic OH excluding ortho intramolecular Hbond substituents is 1. The van der Waals surface area contributed by atoms with Gasteiger partial charge in [-0.3, -0.25) is 10.1 Å². The van der Waals surface area contributed by atoms with Crippen LogP contribution < -0.4 is 0 Å². The summed E-state index contributed by atoms with van der Waals surface area (Å²) in [7, 11) is 0. The van der Waals surface area contributed by atoms with Crippen molar-refractivity contribution in [3.8, 4) is 5.75 Å². The number of rotatable bonds is 4. The van der Waals surface area contributed by atoms with Gasteiger partial charge < -0.3 is 5.11 Å². The van der Waals surface area contributed by atoms with E-state index in [1.807, 2.05) is 24.3 Å². The fourth-order valence-corrected chi connectivity index (χ4v) is 3.01. The first-order valence-electron chi connectivity index (χ1n) is 6.43. The van der Waals surface area contributed by atoms with Gasteiger partial charge in [-0.25, -0.2) is 4.98 Å². The predicted molar refractivity (Wildman–Crippen MR) is 87.6 cm³/mol. The molecule has 0 amide bonds. The molecule has 9 heteroatoms. The lowest BCUT2D eigenvalue weighted by Crippen LogP contribution is -1.92. The Balaban J connectivity index is 1.84. The van der Waals surface area contributed by atoms with E-state index in [-0.39, 0.29) is 17.1 Å². The Labute approximate surface area is 139 Å². The molecule has 0 saturated carbocycles. The number of hydrogen-bond donors (Lipinski definition) is 1. The Kier molecular flexibility index (Phi) is 4.18. The van der Waals surface area contributed by atoms with Crippen LogP contribution in [0.25, 0.3) is 10.2 Å². The van der Waals surface area contributed by atoms with Crippen molar-refractivity contribution in [2.45, 2.75) is 6.54 Å². The third-order valence-electron chi connectivity index (χ3n) is 3.01. The molecular formula is C14H9ClN4O3S. The highest BCUT2D eigenvalue weighted by molar-refractivity contribution is 7.21. The Morgan fingerprint density at radius 3 is 2.87 bits per heavy atom. The fourth-order valence-electron chi connectivity index (χ4n) is 1.97. The fraction of sp³-hybridized carbons (Fsp3) is 0.0714. The van der Waals surface area contributed by atoms with E-state index in [4.69, 9.17) is 11.6 Å². The van der Waals surface area contributed by atoms with Crippen LogP contribution in [0.5, 0.6) is 5.75 Å². The highest BCUT2D eigenvalue weighted by Gasteiger charge is 2.18. The maximum atomic E-state index is 10.8. The van der Waals surface area contributed by atoms with Crippen LogP contribution in [-0.2, 0) is 6.54 Å². The summed E-state index contributed by atoms with van der Waals surface area (Å²) in [5.74, 6) is -0.456. The summed E-state index contributed by atoms with van der Waals surface area (Å²) in [6, 6.07) is 10.1. The average molecular weight is 349 g/mol. The van der Waals surface area contributed by atoms with E-state index in [0.717, 1.165) is 16.3 Å². The summed E-state index contributed by atoms with van der Waals surface area (Å²) in [5, 5.41) is 29.3. The molecule has 7 nitrogen and oxygen atoms in total. The van der Waals surface area contributed by atoms with Crippen LogP contribution in [0.2, 0.25) is 5.02 Å². The van der Waals surface area contributed by atoms with Gasteiger partial charge in [-0.2, -0.15) is 5.11 Å². The van der Waals surface area contributed by atoms with E-state index in [1.54, 1.807) is 0 Å². The number of phenols is 1. The maximum Gasteiger partial charge on any atom is 0.312 e. The third-order valence-corrected chi connectivity index (χ3v) is 4.15. The number of hydrogen-bond acceptors (Lipinski definition) is 7. The molecule has 0 radical (unpaired) electrons. The van der Waals surface area contributed by atoms with Crippen molar-refractivity contribution in [3.63, 3.8) is 0 Å². The van der Waals surface area contributed by atoms with Crippen molar-refractivity contribution in [1.82, 2.24) is 4.98 Å². The molecule has 0 bridgehead atoms. The normalized spacial score (nSPS) is 11.3. The standard InChI is InChI=1S/C14H9ClN4O3S/c15-9-5-8(13(20)11(6-9)19(21)22)7-16-18-14-17-10-3-1-2-4-12(10)23-14/h1-6,20H,7H2. The van der Waals surface area contributed by atoms with Gasteiger partial charge in [0.15, 0.2) is 5.75 Å². The predicted octanol–water partition coefficient (Wildman–Crippen LogP) is 4.85. The molecule has 1 aromatic heterocycles. The van der Waals surface area contributed by atoms with Crippen LogP contribution in [0.3, 0.4) is 0 Å². The highest BCUT2D eigenvalue weighted by atomic mass is 35.5. The molecule has 23 heavy (non-hydrogen) atoms. The largest absolute Gasteiger partial charge is 0.502 e. The second-order valence-electron chi connectivity index (χ2n) is 4.55. The number of nitrogens with zero attached hydrogens (tertiary/aromatic N) is 4. The number of nitro benzene ring substituents is 1. The molecule has 0 fully saturated rings. The lowest BCUT2D eigenvalue weighted by molar-refractivity contribution is -0.385. The number of benzene rings is 2. The monoisotopic (exact) mass is 348 g/mol. The van der Waals surface area contributed by atoms with Crippen molar-refractivity contribution < 1.29 is 10.0 Å². The summed E-state index contributed by atoms with van der Waals surface area (Å²) in [5.41, 5.74) is 0.601. The zero-order valence-electron chi connectivity index (χ0n) is 11.5. The molecule has 0 aliphatic rings. The zero-order valence-corrected chi connectivity index (χ0v) is 13.1. The summed E-state index contributed by atoms with van der Waals surface area (Å²) in [6.45, 7) is -0.0385. The SMILES string of the molecule is O=[N+]([O-])c1cc(Cl)cc(CN=Nc2nc3ccccc3s2)c1O. The van der Waals surface area contributed by atoms with Crippen LogP contribution in [0, 0.1) is 10.1 Å². The van der Waals surface area contributed by atoms with Gasteiger partial charge in [0.05, 0.1) is 21.7 Å². The van der Waals surface area contributed by atoms with Gasteiger partial charge in [0.2, 0.25) is 5.13 Å². The summed E-state index contributed by atoms with van der Waals surface area (Å²) >= 11 is 7.20. The van der Waals surface area contributed by atoms with Crippen LogP contribution in [0.1, 0.15) is 5.56 Å². The zero-order chi connectivity index (χ0) is 16.4. The Hall–Kier alpha value is -2.58. The van der Waals surface area contributed by atoms with Crippen molar-refractivity contribution in [2.24, 2.45) is 10.2 Å². The maximum absolute atomic E-state index is 10.8. The molecule has 0 aliphatic carbocycles. The molecule has 2 aromatic carbocycles. The van der Waals surface area contributed by atoms with Gasteiger partial charge in [0.1, 0.15) is 0 Å². The molecule has 0 atom stereocenters. The first kappa shape index (κ1) is 15.3. The second-order valence-corrected chi connectivity index (χ2v) is 6.00. The Morgan fingerprint density at radius 2 is 2.13 bits per heavy atom. The minimum absolute atomic E-state index is 0.0385. The number of fused-ring (bicyclic) bond motifs is 1. The molecule has 0 saturated heterocycles. The second kappa shape index (κ2) is 6.27. The molecule has 0 unspecified atom stereocenters. The summed E-state index contributed by atoms with van der Waals surface area (Å²) in [4.78, 5) is 14.4. The van der Waals surface area contributed by atoms with Crippen molar-refractivity contribution in [1.29, 1.82) is 0 Å². The number of thiazole rings is 1. The van der Waals surface area contributed by atoms with E-state index in [2.05, 4.69) is 15.2 Å². The molecule has 3 rings (SSSR count). The average Bonchev–Trinajstić information content (AvgIpc) is 2.92. The lowest BCUT2D eigenvalue weighted by Gasteiger charge is -2.02. The van der Waals surface area contributed by atoms with Gasteiger partial charge in [-0.05, 0) is 18.2 Å². The molecular weight excluding hydrogens is 340 g/mol. The van der Waals surface area contributed by atoms with Crippen molar-refractivity contribution in [3.05, 3.63) is 57.1 Å². The molecule has 3 aromatic rings. The highest BCUT2D eigenvalue weighted by Crippen LogP contribution is 2.34. The van der Waals surface area contributed by atoms with Gasteiger partial charge in [0.25, 0.3) is 0 Å². The minimum atomic E-state index is -0.699. The minimum Gasteiger partial charge on any atom is -0.502 e. The summed E-state index contributed by atoms with van der Waals surface area (Å²) < 4.78 is 0.989. The van der Waals surface area contributed by atoms with Crippen LogP contribution in [0.4, 0.5) is 10.8 Å². The van der Waals surface area contributed by atoms with E-state index in [9.17, 15) is 15.2 Å². The Bertz CT molecular complexity index is 893. The number of para-hydroxylation sites is 1. The van der Waals surface area contributed by atoms with E-state index in [1.165, 1.54) is 17.4 Å². The van der Waals surface area contributed by atoms with Crippen LogP contribution in [-0.4, -0.2) is 15.0 Å². The number of azo groups is 1. The van der Waals surface area contributed by atoms with Gasteiger partial charge in [-0.1, -0.05) is 35.1 Å². The smallest absolute Gasteiger partial charge is 0.312 e. The van der Waals surface area contributed by atoms with E-state index in [0.29, 0.717) is 5.13 Å². The number of halogens is 1.